The second kappa shape index (κ2) is 18.6. The van der Waals surface area contributed by atoms with Gasteiger partial charge in [-0.2, -0.15) is 40.6 Å². The normalized spacial score (nSPS) is 12.2. The van der Waals surface area contributed by atoms with Gasteiger partial charge in [-0.3, -0.25) is 13.7 Å². The van der Waals surface area contributed by atoms with Crippen LogP contribution in [0.1, 0.15) is 0 Å². The Morgan fingerprint density at radius 1 is 0.482 bits per heavy atom. The van der Waals surface area contributed by atoms with Crippen molar-refractivity contribution in [1.29, 1.82) is 0 Å². The molecule has 0 unspecified atom stereocenters. The Kier molecular flexibility index (Phi) is 15.6. The summed E-state index contributed by atoms with van der Waals surface area (Å²) in [7, 11) is -14.6. The van der Waals surface area contributed by atoms with Gasteiger partial charge in [-0.1, -0.05) is 30.3 Å². The number of hydrogen-bond acceptors (Lipinski definition) is 15. The van der Waals surface area contributed by atoms with E-state index in [1.807, 2.05) is 0 Å². The van der Waals surface area contributed by atoms with Crippen LogP contribution in [0.3, 0.4) is 0 Å². The van der Waals surface area contributed by atoms with E-state index in [4.69, 9.17) is 5.73 Å². The van der Waals surface area contributed by atoms with Gasteiger partial charge in [0.1, 0.15) is 32.6 Å². The molecule has 56 heavy (non-hydrogen) atoms. The third-order valence-corrected chi connectivity index (χ3v) is 10.1. The first-order chi connectivity index (χ1) is 24.9. The molecule has 7 N–H and O–H groups in total. The molecule has 0 amide bonds. The quantitative estimate of drug-likeness (QED) is 0.0378. The van der Waals surface area contributed by atoms with Crippen LogP contribution in [-0.2, 0) is 30.4 Å². The fourth-order valence-electron chi connectivity index (χ4n) is 5.05. The number of benzene rings is 6. The van der Waals surface area contributed by atoms with Crippen LogP contribution in [0.15, 0.2) is 142 Å². The number of anilines is 1. The number of phenolic OH excluding ortho intramolecular Hbond substituents is 2. The van der Waals surface area contributed by atoms with Crippen LogP contribution in [0, 0.1) is 0 Å². The fourth-order valence-corrected chi connectivity index (χ4v) is 6.90. The largest absolute Gasteiger partial charge is 0.506 e. The predicted octanol–water partition coefficient (Wildman–Crippen LogP) is 6.83. The van der Waals surface area contributed by atoms with Gasteiger partial charge in [0.25, 0.3) is 30.4 Å². The minimum absolute atomic E-state index is 0. The summed E-state index contributed by atoms with van der Waals surface area (Å²) >= 11 is 0. The number of nitrogens with two attached hydrogens (primary N) is 1. The van der Waals surface area contributed by atoms with Gasteiger partial charge in [-0.15, -0.1) is 15.3 Å². The summed E-state index contributed by atoms with van der Waals surface area (Å²) in [6.07, 6.45) is 0. The third kappa shape index (κ3) is 10.4. The first kappa shape index (κ1) is 47.1. The van der Waals surface area contributed by atoms with Crippen molar-refractivity contribution in [3.8, 4) is 11.5 Å². The van der Waals surface area contributed by atoms with Gasteiger partial charge in [-0.05, 0) is 77.5 Å². The Balaban J connectivity index is 0.00000280. The van der Waals surface area contributed by atoms with E-state index in [9.17, 15) is 49.1 Å². The molecule has 6 aromatic rings. The minimum Gasteiger partial charge on any atom is -0.506 e. The Hall–Kier alpha value is -3.23. The third-order valence-electron chi connectivity index (χ3n) is 7.51. The maximum atomic E-state index is 12.4. The van der Waals surface area contributed by atoms with Crippen LogP contribution in [0.25, 0.3) is 21.5 Å². The van der Waals surface area contributed by atoms with Crippen molar-refractivity contribution in [2.24, 2.45) is 30.7 Å². The van der Waals surface area contributed by atoms with Crippen LogP contribution in [-0.4, -0.2) is 138 Å². The van der Waals surface area contributed by atoms with Crippen molar-refractivity contribution in [3.63, 3.8) is 0 Å². The molecule has 0 fully saturated rings. The molecule has 0 aromatic heterocycles. The van der Waals surface area contributed by atoms with Gasteiger partial charge in [0.15, 0.2) is 5.75 Å². The molecule has 0 saturated heterocycles. The number of phenols is 2. The van der Waals surface area contributed by atoms with Gasteiger partial charge in [0.2, 0.25) is 0 Å². The molecule has 6 aromatic carbocycles. The van der Waals surface area contributed by atoms with Crippen molar-refractivity contribution >= 4 is 180 Å². The van der Waals surface area contributed by atoms with Gasteiger partial charge in [0.05, 0.1) is 33.0 Å². The SMILES string of the molecule is Nc1c(N=Nc2ccc(N=Nc3c(O)ccc4cc(S(=O)(=O)O)ccc34)cc2)c(S(=O)(=O)O)cc2cc(S(=O)(=O)O)c(N=Nc3ccccc3)c(O)c12.[Na].[Na].[Na]. The van der Waals surface area contributed by atoms with E-state index in [-0.39, 0.29) is 133 Å². The molecule has 0 aliphatic rings. The van der Waals surface area contributed by atoms with E-state index in [2.05, 4.69) is 30.7 Å². The van der Waals surface area contributed by atoms with Crippen molar-refractivity contribution in [1.82, 2.24) is 0 Å². The summed E-state index contributed by atoms with van der Waals surface area (Å²) in [6, 6.07) is 21.6. The van der Waals surface area contributed by atoms with Crippen molar-refractivity contribution in [3.05, 3.63) is 97.1 Å². The van der Waals surface area contributed by atoms with E-state index in [1.165, 1.54) is 60.7 Å². The summed E-state index contributed by atoms with van der Waals surface area (Å²) in [5, 5.41) is 45.3. The van der Waals surface area contributed by atoms with Crippen LogP contribution in [0.2, 0.25) is 0 Å². The molecular weight excluding hydrogens is 824 g/mol. The molecule has 0 spiro atoms. The Bertz CT molecular complexity index is 2900. The minimum atomic E-state index is -5.10. The first-order valence-corrected chi connectivity index (χ1v) is 18.9. The molecule has 24 heteroatoms. The molecule has 0 aliphatic heterocycles. The monoisotopic (exact) mass is 846 g/mol. The second-order valence-corrected chi connectivity index (χ2v) is 15.2. The van der Waals surface area contributed by atoms with Crippen LogP contribution >= 0.6 is 0 Å². The number of aromatic hydroxyl groups is 2. The number of hydrogen-bond donors (Lipinski definition) is 6. The maximum Gasteiger partial charge on any atom is 0.296 e. The topological polar surface area (TPSA) is 304 Å². The number of fused-ring (bicyclic) bond motifs is 2. The standard InChI is InChI=1S/C32H23N7O11S3.3Na/c33-28-27-18(16-26(53(48,49)50)31(32(27)41)39-34-19-4-2-1-3-5-19)15-25(52(45,46)47)30(28)38-36-21-9-7-20(8-10-21)35-37-29-23-12-11-22(51(42,43)44)14-17(23)6-13-24(29)40;;;/h1-16,40-41H,33H2,(H,42,43,44)(H,45,46,47)(H,48,49,50);;;. The van der Waals surface area contributed by atoms with E-state index >= 15 is 0 Å². The molecule has 0 bridgehead atoms. The van der Waals surface area contributed by atoms with E-state index < -0.39 is 63.0 Å². The van der Waals surface area contributed by atoms with Crippen LogP contribution in [0.4, 0.5) is 39.8 Å². The average Bonchev–Trinajstić information content (AvgIpc) is 3.09. The van der Waals surface area contributed by atoms with Gasteiger partial charge < -0.3 is 15.9 Å². The van der Waals surface area contributed by atoms with Gasteiger partial charge >= 0.3 is 0 Å². The number of nitrogen functional groups attached to an aromatic ring is 1. The van der Waals surface area contributed by atoms with Gasteiger partial charge in [0, 0.05) is 94.1 Å². The zero-order valence-corrected chi connectivity index (χ0v) is 37.9. The zero-order valence-electron chi connectivity index (χ0n) is 29.4. The van der Waals surface area contributed by atoms with E-state index in [0.29, 0.717) is 10.8 Å². The molecule has 0 atom stereocenters. The smallest absolute Gasteiger partial charge is 0.296 e. The molecule has 0 aliphatic carbocycles. The Morgan fingerprint density at radius 3 is 1.48 bits per heavy atom. The number of nitrogens with zero attached hydrogens (tertiary/aromatic N) is 6. The van der Waals surface area contributed by atoms with Crippen molar-refractivity contribution in [2.75, 3.05) is 5.73 Å². The molecule has 18 nitrogen and oxygen atoms in total. The summed E-state index contributed by atoms with van der Waals surface area (Å²) in [5.74, 6) is -1.17. The molecule has 0 saturated carbocycles. The predicted molar refractivity (Wildman–Crippen MR) is 208 cm³/mol. The second-order valence-electron chi connectivity index (χ2n) is 11.0. The summed E-state index contributed by atoms with van der Waals surface area (Å²) in [5.41, 5.74) is 4.97. The number of rotatable bonds is 9. The summed E-state index contributed by atoms with van der Waals surface area (Å²) < 4.78 is 102. The van der Waals surface area contributed by atoms with Crippen molar-refractivity contribution < 1.29 is 49.1 Å². The van der Waals surface area contributed by atoms with Gasteiger partial charge in [-0.25, -0.2) is 0 Å². The molecular formula is C32H23N7Na3O11S3. The average molecular weight is 847 g/mol. The van der Waals surface area contributed by atoms with E-state index in [1.54, 1.807) is 18.2 Å². The molecule has 273 valence electrons. The van der Waals surface area contributed by atoms with Crippen LogP contribution in [0.5, 0.6) is 11.5 Å². The van der Waals surface area contributed by atoms with E-state index in [0.717, 1.165) is 18.2 Å². The molecule has 6 rings (SSSR count). The Labute approximate surface area is 384 Å². The summed E-state index contributed by atoms with van der Waals surface area (Å²) in [6.45, 7) is 0. The summed E-state index contributed by atoms with van der Waals surface area (Å²) in [4.78, 5) is -2.19. The fraction of sp³-hybridized carbons (Fsp3) is 0. The van der Waals surface area contributed by atoms with Crippen LogP contribution < -0.4 is 5.73 Å². The number of azo groups is 3. The Morgan fingerprint density at radius 2 is 0.964 bits per heavy atom. The maximum absolute atomic E-state index is 12.4. The molecule has 0 heterocycles. The zero-order chi connectivity index (χ0) is 38.3. The molecule has 3 radical (unpaired) electrons. The first-order valence-electron chi connectivity index (χ1n) is 14.6. The van der Waals surface area contributed by atoms with Crippen molar-refractivity contribution in [2.45, 2.75) is 14.7 Å².